The number of aromatic nitrogens is 4. The Kier molecular flexibility index (Phi) is 5.20. The summed E-state index contributed by atoms with van der Waals surface area (Å²) in [6.45, 7) is 6.29. The first-order chi connectivity index (χ1) is 14.1. The summed E-state index contributed by atoms with van der Waals surface area (Å²) in [5, 5.41) is 4.77. The van der Waals surface area contributed by atoms with Gasteiger partial charge in [-0.1, -0.05) is 0 Å². The topological polar surface area (TPSA) is 144 Å². The van der Waals surface area contributed by atoms with Gasteiger partial charge in [-0.3, -0.25) is 9.78 Å². The Morgan fingerprint density at radius 2 is 1.77 bits per heavy atom. The zero-order valence-corrected chi connectivity index (χ0v) is 17.7. The van der Waals surface area contributed by atoms with E-state index in [9.17, 15) is 18.0 Å². The molecule has 10 nitrogen and oxygen atoms in total. The number of H-pyrrole nitrogens is 1. The van der Waals surface area contributed by atoms with Gasteiger partial charge in [-0.25, -0.2) is 23.3 Å². The molecule has 0 bridgehead atoms. The standard InChI is InChI=1S/C19H24N6O4S/c1-11-9-14-15(10-12(11)2)25(17-16(21-14)18(26)23-19(27)22-17)8-7-24-5-3-13(4-6-24)30(20,28)29/h9-10,13H,3-8H2,1-2H3,(H2,20,28,29)(H,23,26,27). The Hall–Kier alpha value is -2.63. The number of aromatic amines is 1. The molecule has 1 aromatic rings. The lowest BCUT2D eigenvalue weighted by Crippen LogP contribution is -2.42. The minimum atomic E-state index is -3.52. The molecule has 0 spiro atoms. The number of aryl methyl sites for hydroxylation is 2. The first kappa shape index (κ1) is 20.6. The Morgan fingerprint density at radius 3 is 2.43 bits per heavy atom. The number of nitrogens with one attached hydrogen (secondary N) is 1. The van der Waals surface area contributed by atoms with E-state index < -0.39 is 26.5 Å². The summed E-state index contributed by atoms with van der Waals surface area (Å²) in [5.74, 6) is 0.249. The van der Waals surface area contributed by atoms with Crippen molar-refractivity contribution in [2.45, 2.75) is 38.5 Å². The molecule has 0 unspecified atom stereocenters. The second kappa shape index (κ2) is 7.56. The van der Waals surface area contributed by atoms with Crippen molar-refractivity contribution in [1.29, 1.82) is 0 Å². The highest BCUT2D eigenvalue weighted by molar-refractivity contribution is 7.89. The van der Waals surface area contributed by atoms with Gasteiger partial charge in [-0.05, 0) is 63.0 Å². The van der Waals surface area contributed by atoms with Crippen LogP contribution in [0.25, 0.3) is 22.6 Å². The molecule has 3 aliphatic rings. The van der Waals surface area contributed by atoms with Crippen molar-refractivity contribution in [2.75, 3.05) is 19.6 Å². The third-order valence-corrected chi connectivity index (χ3v) is 7.26. The van der Waals surface area contributed by atoms with Gasteiger partial charge in [0, 0.05) is 13.1 Å². The van der Waals surface area contributed by atoms with Crippen molar-refractivity contribution < 1.29 is 8.42 Å². The molecule has 0 atom stereocenters. The van der Waals surface area contributed by atoms with Crippen LogP contribution in [0.2, 0.25) is 0 Å². The quantitative estimate of drug-likeness (QED) is 0.550. The van der Waals surface area contributed by atoms with Gasteiger partial charge in [0.25, 0.3) is 5.56 Å². The van der Waals surface area contributed by atoms with Crippen molar-refractivity contribution >= 4 is 21.1 Å². The number of piperidine rings is 1. The Labute approximate surface area is 173 Å². The zero-order valence-electron chi connectivity index (χ0n) is 16.9. The fourth-order valence-corrected chi connectivity index (χ4v) is 4.85. The maximum Gasteiger partial charge on any atom is 0.349 e. The molecule has 30 heavy (non-hydrogen) atoms. The van der Waals surface area contributed by atoms with Gasteiger partial charge in [0.05, 0.1) is 16.3 Å². The normalized spacial score (nSPS) is 16.5. The van der Waals surface area contributed by atoms with Gasteiger partial charge in [0.2, 0.25) is 10.0 Å². The van der Waals surface area contributed by atoms with Gasteiger partial charge < -0.3 is 9.47 Å². The minimum Gasteiger partial charge on any atom is -0.321 e. The fourth-order valence-electron chi connectivity index (χ4n) is 3.98. The highest BCUT2D eigenvalue weighted by Crippen LogP contribution is 2.24. The molecule has 3 aliphatic heterocycles. The van der Waals surface area contributed by atoms with E-state index in [0.717, 1.165) is 16.6 Å². The van der Waals surface area contributed by atoms with Gasteiger partial charge in [-0.15, -0.1) is 0 Å². The van der Waals surface area contributed by atoms with Crippen LogP contribution in [0.1, 0.15) is 24.0 Å². The number of likely N-dealkylation sites (tertiary alicyclic amines) is 1. The molecule has 3 N–H and O–H groups in total. The summed E-state index contributed by atoms with van der Waals surface area (Å²) in [7, 11) is -3.52. The summed E-state index contributed by atoms with van der Waals surface area (Å²) >= 11 is 0. The Balaban J connectivity index is 1.71. The number of nitrogens with two attached hydrogens (primary N) is 1. The highest BCUT2D eigenvalue weighted by atomic mass is 32.2. The number of fused-ring (bicyclic) bond motifs is 2. The summed E-state index contributed by atoms with van der Waals surface area (Å²) in [4.78, 5) is 37.0. The van der Waals surface area contributed by atoms with Crippen molar-refractivity contribution in [2.24, 2.45) is 5.14 Å². The van der Waals surface area contributed by atoms with Crippen molar-refractivity contribution in [3.63, 3.8) is 0 Å². The highest BCUT2D eigenvalue weighted by Gasteiger charge is 2.27. The number of hydrogen-bond acceptors (Lipinski definition) is 7. The van der Waals surface area contributed by atoms with Crippen LogP contribution in [-0.2, 0) is 16.6 Å². The van der Waals surface area contributed by atoms with E-state index in [2.05, 4.69) is 19.9 Å². The van der Waals surface area contributed by atoms with Gasteiger partial charge in [-0.2, -0.15) is 4.98 Å². The lowest BCUT2D eigenvalue weighted by Gasteiger charge is -2.31. The number of nitrogens with zero attached hydrogens (tertiary/aromatic N) is 4. The molecule has 0 radical (unpaired) electrons. The van der Waals surface area contributed by atoms with E-state index in [-0.39, 0.29) is 11.5 Å². The van der Waals surface area contributed by atoms with Gasteiger partial charge >= 0.3 is 5.69 Å². The average molecular weight is 433 g/mol. The van der Waals surface area contributed by atoms with Crippen LogP contribution < -0.4 is 16.4 Å². The Bertz CT molecular complexity index is 1300. The number of primary sulfonamides is 1. The lowest BCUT2D eigenvalue weighted by molar-refractivity contribution is 0.222. The molecule has 11 heteroatoms. The second-order valence-corrected chi connectivity index (χ2v) is 9.71. The summed E-state index contributed by atoms with van der Waals surface area (Å²) in [6, 6.07) is 3.90. The summed E-state index contributed by atoms with van der Waals surface area (Å²) in [5.41, 5.74) is 2.42. The van der Waals surface area contributed by atoms with Gasteiger partial charge in [0.1, 0.15) is 0 Å². The molecule has 0 saturated carbocycles. The van der Waals surface area contributed by atoms with Crippen LogP contribution in [-0.4, -0.2) is 57.7 Å². The maximum absolute atomic E-state index is 12.3. The molecule has 1 fully saturated rings. The van der Waals surface area contributed by atoms with Crippen LogP contribution >= 0.6 is 0 Å². The molecule has 4 rings (SSSR count). The van der Waals surface area contributed by atoms with E-state index in [1.54, 1.807) is 0 Å². The minimum absolute atomic E-state index is 0.123. The molecule has 0 amide bonds. The molecular weight excluding hydrogens is 408 g/mol. The molecule has 1 saturated heterocycles. The first-order valence-electron chi connectivity index (χ1n) is 9.79. The van der Waals surface area contributed by atoms with E-state index in [1.807, 2.05) is 30.5 Å². The second-order valence-electron chi connectivity index (χ2n) is 7.86. The van der Waals surface area contributed by atoms with Gasteiger partial charge in [0.15, 0.2) is 11.5 Å². The average Bonchev–Trinajstić information content (AvgIpc) is 2.67. The largest absolute Gasteiger partial charge is 0.349 e. The smallest absolute Gasteiger partial charge is 0.321 e. The van der Waals surface area contributed by atoms with Crippen LogP contribution in [0.5, 0.6) is 0 Å². The van der Waals surface area contributed by atoms with Crippen LogP contribution in [0.15, 0.2) is 21.7 Å². The number of rotatable bonds is 4. The molecular formula is C19H24N6O4S. The van der Waals surface area contributed by atoms with Crippen LogP contribution in [0.4, 0.5) is 0 Å². The predicted octanol–water partition coefficient (Wildman–Crippen LogP) is -0.0457. The number of sulfonamides is 1. The van der Waals surface area contributed by atoms with Crippen molar-refractivity contribution in [3.8, 4) is 11.5 Å². The van der Waals surface area contributed by atoms with Crippen LogP contribution in [0.3, 0.4) is 0 Å². The molecule has 160 valence electrons. The first-order valence-corrected chi connectivity index (χ1v) is 11.4. The summed E-state index contributed by atoms with van der Waals surface area (Å²) < 4.78 is 25.0. The lowest BCUT2D eigenvalue weighted by atomic mass is 10.1. The number of benzene rings is 1. The Morgan fingerprint density at radius 1 is 1.10 bits per heavy atom. The predicted molar refractivity (Wildman–Crippen MR) is 113 cm³/mol. The van der Waals surface area contributed by atoms with Crippen molar-refractivity contribution in [1.82, 2.24) is 24.4 Å². The number of hydrogen-bond donors (Lipinski definition) is 2. The molecule has 0 aromatic heterocycles. The SMILES string of the molecule is Cc1cc2nc3c(=O)[nH]c(=O)nc-3n(CCN3CCC(S(N)(=O)=O)CC3)c2cc1C. The molecule has 0 aliphatic carbocycles. The van der Waals surface area contributed by atoms with E-state index in [4.69, 9.17) is 5.14 Å². The maximum atomic E-state index is 12.3. The van der Waals surface area contributed by atoms with E-state index in [1.165, 1.54) is 0 Å². The third-order valence-electron chi connectivity index (χ3n) is 5.86. The van der Waals surface area contributed by atoms with Crippen LogP contribution in [0, 0.1) is 13.8 Å². The third kappa shape index (κ3) is 3.87. The van der Waals surface area contributed by atoms with E-state index in [0.29, 0.717) is 44.5 Å². The molecule has 3 heterocycles. The fraction of sp³-hybridized carbons (Fsp3) is 0.474. The van der Waals surface area contributed by atoms with E-state index >= 15 is 0 Å². The zero-order chi connectivity index (χ0) is 21.6. The monoisotopic (exact) mass is 432 g/mol. The molecule has 1 aromatic carbocycles. The van der Waals surface area contributed by atoms with Crippen molar-refractivity contribution in [3.05, 3.63) is 44.1 Å². The summed E-state index contributed by atoms with van der Waals surface area (Å²) in [6.07, 6.45) is 0.977.